The Labute approximate surface area is 179 Å². The monoisotopic (exact) mass is 444 g/mol. The molecule has 1 fully saturated rings. The molecule has 0 radical (unpaired) electrons. The van der Waals surface area contributed by atoms with Gasteiger partial charge in [0.1, 0.15) is 23.2 Å². The molecule has 0 aliphatic carbocycles. The number of hydrogen-bond donors (Lipinski definition) is 1. The van der Waals surface area contributed by atoms with Crippen molar-refractivity contribution in [3.05, 3.63) is 29.0 Å². The lowest BCUT2D eigenvalue weighted by Gasteiger charge is -2.27. The van der Waals surface area contributed by atoms with Crippen LogP contribution in [0.5, 0.6) is 5.75 Å². The van der Waals surface area contributed by atoms with E-state index in [1.54, 1.807) is 27.7 Å². The fourth-order valence-electron chi connectivity index (χ4n) is 2.91. The molecule has 1 aromatic rings. The lowest BCUT2D eigenvalue weighted by atomic mass is 10.1. The molecule has 30 heavy (non-hydrogen) atoms. The number of hydrogen-bond acceptors (Lipinski definition) is 6. The summed E-state index contributed by atoms with van der Waals surface area (Å²) < 4.78 is 29.1. The molecule has 2 rings (SSSR count). The fourth-order valence-corrected chi connectivity index (χ4v) is 3.03. The van der Waals surface area contributed by atoms with Crippen LogP contribution in [-0.4, -0.2) is 60.3 Å². The van der Waals surface area contributed by atoms with Gasteiger partial charge in [0.05, 0.1) is 11.6 Å². The van der Waals surface area contributed by atoms with Crippen molar-refractivity contribution in [1.82, 2.24) is 10.2 Å². The zero-order chi connectivity index (χ0) is 22.5. The molecule has 0 bridgehead atoms. The summed E-state index contributed by atoms with van der Waals surface area (Å²) >= 11 is 5.61. The van der Waals surface area contributed by atoms with E-state index < -0.39 is 41.5 Å². The number of likely N-dealkylation sites (tertiary alicyclic amines) is 1. The van der Waals surface area contributed by atoms with Crippen molar-refractivity contribution in [3.63, 3.8) is 0 Å². The summed E-state index contributed by atoms with van der Waals surface area (Å²) in [6.07, 6.45) is -0.482. The van der Waals surface area contributed by atoms with E-state index in [4.69, 9.17) is 25.8 Å². The normalized spacial score (nSPS) is 18.7. The number of ether oxygens (including phenoxy) is 3. The molecule has 1 saturated heterocycles. The first-order valence-corrected chi connectivity index (χ1v) is 9.91. The lowest BCUT2D eigenvalue weighted by Crippen LogP contribution is -2.45. The van der Waals surface area contributed by atoms with Gasteiger partial charge in [0.15, 0.2) is 6.61 Å². The lowest BCUT2D eigenvalue weighted by molar-refractivity contribution is -0.148. The van der Waals surface area contributed by atoms with E-state index in [2.05, 4.69) is 5.32 Å². The predicted octanol–water partition coefficient (Wildman–Crippen LogP) is 2.92. The molecule has 0 spiro atoms. The van der Waals surface area contributed by atoms with Crippen LogP contribution >= 0.6 is 11.6 Å². The van der Waals surface area contributed by atoms with Gasteiger partial charge in [-0.3, -0.25) is 9.69 Å². The summed E-state index contributed by atoms with van der Waals surface area (Å²) in [6, 6.07) is 2.48. The van der Waals surface area contributed by atoms with Gasteiger partial charge in [-0.1, -0.05) is 11.6 Å². The predicted molar refractivity (Wildman–Crippen MR) is 107 cm³/mol. The number of nitrogens with zero attached hydrogens (tertiary/aromatic N) is 1. The number of nitrogens with one attached hydrogen (secondary N) is 1. The highest BCUT2D eigenvalue weighted by Crippen LogP contribution is 2.23. The SMILES string of the molecule is CCOC(=O)[C@H]1C[C@H](NC(=O)COc2ccc(Cl)c(F)c2)CN1C(=O)OC(C)(C)C. The topological polar surface area (TPSA) is 94.2 Å². The van der Waals surface area contributed by atoms with Gasteiger partial charge in [-0.05, 0) is 39.8 Å². The van der Waals surface area contributed by atoms with Crippen LogP contribution in [0, 0.1) is 5.82 Å². The van der Waals surface area contributed by atoms with E-state index >= 15 is 0 Å². The van der Waals surface area contributed by atoms with Gasteiger partial charge in [0.2, 0.25) is 0 Å². The van der Waals surface area contributed by atoms with Crippen molar-refractivity contribution in [2.45, 2.75) is 51.8 Å². The van der Waals surface area contributed by atoms with Gasteiger partial charge in [-0.25, -0.2) is 14.0 Å². The van der Waals surface area contributed by atoms with Crippen molar-refractivity contribution < 1.29 is 33.0 Å². The molecule has 0 unspecified atom stereocenters. The summed E-state index contributed by atoms with van der Waals surface area (Å²) in [5.74, 6) is -1.55. The van der Waals surface area contributed by atoms with E-state index in [0.29, 0.717) is 0 Å². The van der Waals surface area contributed by atoms with Crippen molar-refractivity contribution in [1.29, 1.82) is 0 Å². The summed E-state index contributed by atoms with van der Waals surface area (Å²) in [7, 11) is 0. The number of esters is 1. The Hall–Kier alpha value is -2.55. The van der Waals surface area contributed by atoms with Crippen LogP contribution in [0.2, 0.25) is 5.02 Å². The second kappa shape index (κ2) is 9.97. The van der Waals surface area contributed by atoms with E-state index in [-0.39, 0.29) is 37.0 Å². The first-order chi connectivity index (χ1) is 14.0. The molecule has 0 aromatic heterocycles. The summed E-state index contributed by atoms with van der Waals surface area (Å²) in [6.45, 7) is 6.71. The molecule has 1 aromatic carbocycles. The smallest absolute Gasteiger partial charge is 0.411 e. The molecular formula is C20H26ClFN2O6. The minimum atomic E-state index is -0.864. The van der Waals surface area contributed by atoms with Gasteiger partial charge in [-0.2, -0.15) is 0 Å². The molecule has 0 saturated carbocycles. The van der Waals surface area contributed by atoms with E-state index in [1.165, 1.54) is 17.0 Å². The van der Waals surface area contributed by atoms with Crippen molar-refractivity contribution in [2.24, 2.45) is 0 Å². The Kier molecular flexibility index (Phi) is 7.89. The molecule has 166 valence electrons. The van der Waals surface area contributed by atoms with Gasteiger partial charge in [-0.15, -0.1) is 0 Å². The number of halogens is 2. The third-order valence-electron chi connectivity index (χ3n) is 4.11. The van der Waals surface area contributed by atoms with Crippen molar-refractivity contribution >= 4 is 29.6 Å². The second-order valence-corrected chi connectivity index (χ2v) is 8.17. The molecular weight excluding hydrogens is 419 g/mol. The number of rotatable bonds is 6. The van der Waals surface area contributed by atoms with Crippen LogP contribution in [0.15, 0.2) is 18.2 Å². The zero-order valence-electron chi connectivity index (χ0n) is 17.4. The largest absolute Gasteiger partial charge is 0.484 e. The third-order valence-corrected chi connectivity index (χ3v) is 4.42. The quantitative estimate of drug-likeness (QED) is 0.678. The average Bonchev–Trinajstić information content (AvgIpc) is 3.05. The number of carbonyl (C=O) groups excluding carboxylic acids is 3. The molecule has 1 heterocycles. The maximum Gasteiger partial charge on any atom is 0.411 e. The summed E-state index contributed by atoms with van der Waals surface area (Å²) in [4.78, 5) is 38.2. The molecule has 10 heteroatoms. The Bertz CT molecular complexity index is 798. The summed E-state index contributed by atoms with van der Waals surface area (Å²) in [5.41, 5.74) is -0.737. The molecule has 1 aliphatic heterocycles. The van der Waals surface area contributed by atoms with Crippen LogP contribution in [0.1, 0.15) is 34.1 Å². The fraction of sp³-hybridized carbons (Fsp3) is 0.550. The van der Waals surface area contributed by atoms with Gasteiger partial charge in [0, 0.05) is 25.1 Å². The Balaban J connectivity index is 1.97. The zero-order valence-corrected chi connectivity index (χ0v) is 18.1. The standard InChI is InChI=1S/C20H26ClFN2O6/c1-5-28-18(26)16-8-12(10-24(16)19(27)30-20(2,3)4)23-17(25)11-29-13-6-7-14(21)15(22)9-13/h6-7,9,12,16H,5,8,10-11H2,1-4H3,(H,23,25)/t12-,16+/m0/s1. The van der Waals surface area contributed by atoms with Crippen molar-refractivity contribution in [3.8, 4) is 5.75 Å². The highest BCUT2D eigenvalue weighted by atomic mass is 35.5. The maximum atomic E-state index is 13.4. The van der Waals surface area contributed by atoms with Crippen LogP contribution in [0.3, 0.4) is 0 Å². The second-order valence-electron chi connectivity index (χ2n) is 7.77. The van der Waals surface area contributed by atoms with E-state index in [9.17, 15) is 18.8 Å². The molecule has 2 atom stereocenters. The Morgan fingerprint density at radius 1 is 1.30 bits per heavy atom. The third kappa shape index (κ3) is 6.76. The van der Waals surface area contributed by atoms with Crippen molar-refractivity contribution in [2.75, 3.05) is 19.8 Å². The van der Waals surface area contributed by atoms with Crippen LogP contribution in [0.4, 0.5) is 9.18 Å². The molecule has 1 N–H and O–H groups in total. The van der Waals surface area contributed by atoms with Crippen LogP contribution in [0.25, 0.3) is 0 Å². The number of carbonyl (C=O) groups is 3. The highest BCUT2D eigenvalue weighted by Gasteiger charge is 2.42. The van der Waals surface area contributed by atoms with Gasteiger partial charge < -0.3 is 19.5 Å². The van der Waals surface area contributed by atoms with Gasteiger partial charge in [0.25, 0.3) is 5.91 Å². The highest BCUT2D eigenvalue weighted by molar-refractivity contribution is 6.30. The van der Waals surface area contributed by atoms with Crippen LogP contribution < -0.4 is 10.1 Å². The Morgan fingerprint density at radius 2 is 2.00 bits per heavy atom. The van der Waals surface area contributed by atoms with Crippen LogP contribution in [-0.2, 0) is 19.1 Å². The summed E-state index contributed by atoms with van der Waals surface area (Å²) in [5, 5.41) is 2.66. The molecule has 8 nitrogen and oxygen atoms in total. The van der Waals surface area contributed by atoms with Gasteiger partial charge >= 0.3 is 12.1 Å². The Morgan fingerprint density at radius 3 is 2.60 bits per heavy atom. The average molecular weight is 445 g/mol. The first kappa shape index (κ1) is 23.7. The minimum absolute atomic E-state index is 0.0509. The van der Waals surface area contributed by atoms with E-state index in [1.807, 2.05) is 0 Å². The number of amides is 2. The maximum absolute atomic E-state index is 13.4. The van der Waals surface area contributed by atoms with E-state index in [0.717, 1.165) is 6.07 Å². The molecule has 1 aliphatic rings. The minimum Gasteiger partial charge on any atom is -0.484 e. The molecule has 2 amide bonds. The first-order valence-electron chi connectivity index (χ1n) is 9.53. The number of benzene rings is 1.